The predicted molar refractivity (Wildman–Crippen MR) is 103 cm³/mol. The van der Waals surface area contributed by atoms with Crippen LogP contribution in [-0.4, -0.2) is 63.5 Å². The van der Waals surface area contributed by atoms with Gasteiger partial charge in [0, 0.05) is 38.4 Å². The number of hydrogen-bond acceptors (Lipinski definition) is 6. The molecule has 0 aliphatic carbocycles. The van der Waals surface area contributed by atoms with Crippen LogP contribution < -0.4 is 5.32 Å². The Morgan fingerprint density at radius 2 is 1.90 bits per heavy atom. The van der Waals surface area contributed by atoms with Gasteiger partial charge in [-0.05, 0) is 18.1 Å². The number of anilines is 1. The first kappa shape index (κ1) is 22.0. The molecule has 2 atom stereocenters. The molecular weight excluding hydrogens is 401 g/mol. The zero-order valence-electron chi connectivity index (χ0n) is 16.2. The highest BCUT2D eigenvalue weighted by atomic mass is 19.4. The van der Waals surface area contributed by atoms with E-state index in [4.69, 9.17) is 14.6 Å². The van der Waals surface area contributed by atoms with Gasteiger partial charge in [0.05, 0.1) is 18.2 Å². The number of aliphatic carboxylic acids is 1. The number of carbonyl (C=O) groups is 1. The molecule has 0 radical (unpaired) electrons. The number of aromatic nitrogens is 2. The van der Waals surface area contributed by atoms with Gasteiger partial charge in [0.2, 0.25) is 5.95 Å². The predicted octanol–water partition coefficient (Wildman–Crippen LogP) is 2.96. The number of carboxylic acids is 1. The number of rotatable bonds is 4. The van der Waals surface area contributed by atoms with Crippen LogP contribution in [0, 0.1) is 0 Å². The minimum Gasteiger partial charge on any atom is -0.475 e. The molecule has 2 unspecified atom stereocenters. The maximum Gasteiger partial charge on any atom is 0.490 e. The van der Waals surface area contributed by atoms with Gasteiger partial charge in [0.15, 0.2) is 0 Å². The van der Waals surface area contributed by atoms with Crippen molar-refractivity contribution < 1.29 is 27.8 Å². The van der Waals surface area contributed by atoms with Gasteiger partial charge in [0.1, 0.15) is 0 Å². The van der Waals surface area contributed by atoms with E-state index >= 15 is 0 Å². The third-order valence-electron chi connectivity index (χ3n) is 5.00. The van der Waals surface area contributed by atoms with Crippen molar-refractivity contribution in [3.05, 3.63) is 54.4 Å². The van der Waals surface area contributed by atoms with Gasteiger partial charge in [-0.1, -0.05) is 30.3 Å². The van der Waals surface area contributed by atoms with Crippen molar-refractivity contribution >= 4 is 11.9 Å². The summed E-state index contributed by atoms with van der Waals surface area (Å²) >= 11 is 0. The van der Waals surface area contributed by atoms with Crippen molar-refractivity contribution in [2.24, 2.45) is 0 Å². The molecule has 1 spiro atoms. The van der Waals surface area contributed by atoms with Crippen LogP contribution in [0.2, 0.25) is 0 Å². The van der Waals surface area contributed by atoms with Crippen molar-refractivity contribution in [2.45, 2.75) is 37.2 Å². The molecule has 0 bridgehead atoms. The molecule has 2 aromatic rings. The summed E-state index contributed by atoms with van der Waals surface area (Å²) in [5, 5.41) is 10.5. The van der Waals surface area contributed by atoms with E-state index in [1.807, 2.05) is 6.07 Å². The zero-order valence-corrected chi connectivity index (χ0v) is 16.2. The number of ether oxygens (including phenoxy) is 1. The molecule has 2 saturated heterocycles. The number of nitrogens with zero attached hydrogens (tertiary/aromatic N) is 3. The number of carboxylic acid groups (broad SMARTS) is 1. The molecular formula is C20H23F3N4O3. The molecule has 4 rings (SSSR count). The van der Waals surface area contributed by atoms with E-state index in [-0.39, 0.29) is 5.60 Å². The van der Waals surface area contributed by atoms with Crippen molar-refractivity contribution in [1.29, 1.82) is 0 Å². The second-order valence-electron chi connectivity index (χ2n) is 7.36. The average molecular weight is 424 g/mol. The van der Waals surface area contributed by atoms with Gasteiger partial charge in [-0.2, -0.15) is 13.2 Å². The van der Waals surface area contributed by atoms with Crippen LogP contribution >= 0.6 is 0 Å². The molecule has 162 valence electrons. The van der Waals surface area contributed by atoms with Gasteiger partial charge in [0.25, 0.3) is 0 Å². The summed E-state index contributed by atoms with van der Waals surface area (Å²) < 4.78 is 37.9. The van der Waals surface area contributed by atoms with E-state index in [2.05, 4.69) is 50.5 Å². The summed E-state index contributed by atoms with van der Waals surface area (Å²) in [5.74, 6) is -2.07. The van der Waals surface area contributed by atoms with Crippen molar-refractivity contribution in [1.82, 2.24) is 14.9 Å². The lowest BCUT2D eigenvalue weighted by atomic mass is 9.97. The topological polar surface area (TPSA) is 87.6 Å². The van der Waals surface area contributed by atoms with Crippen molar-refractivity contribution in [3.8, 4) is 0 Å². The lowest BCUT2D eigenvalue weighted by Crippen LogP contribution is -2.33. The Bertz CT molecular complexity index is 764. The van der Waals surface area contributed by atoms with Crippen molar-refractivity contribution in [3.63, 3.8) is 0 Å². The Hall–Kier alpha value is -2.72. The lowest BCUT2D eigenvalue weighted by Gasteiger charge is -2.23. The molecule has 2 fully saturated rings. The maximum atomic E-state index is 10.6. The van der Waals surface area contributed by atoms with Crippen LogP contribution in [0.25, 0.3) is 0 Å². The normalized spacial score (nSPS) is 23.8. The molecule has 30 heavy (non-hydrogen) atoms. The Labute approximate surface area is 171 Å². The first-order chi connectivity index (χ1) is 14.3. The zero-order chi connectivity index (χ0) is 21.6. The van der Waals surface area contributed by atoms with Crippen LogP contribution in [0.4, 0.5) is 19.1 Å². The number of halogens is 3. The van der Waals surface area contributed by atoms with E-state index in [9.17, 15) is 13.2 Å². The third-order valence-corrected chi connectivity index (χ3v) is 5.00. The summed E-state index contributed by atoms with van der Waals surface area (Å²) in [6.45, 7) is 3.85. The Morgan fingerprint density at radius 3 is 2.53 bits per heavy atom. The van der Waals surface area contributed by atoms with E-state index < -0.39 is 12.1 Å². The second kappa shape index (κ2) is 9.40. The number of nitrogens with one attached hydrogen (secondary N) is 1. The summed E-state index contributed by atoms with van der Waals surface area (Å²) in [7, 11) is 0. The fraction of sp³-hybridized carbons (Fsp3) is 0.450. The number of likely N-dealkylation sites (tertiary alicyclic amines) is 1. The largest absolute Gasteiger partial charge is 0.490 e. The average Bonchev–Trinajstić information content (AvgIpc) is 3.29. The van der Waals surface area contributed by atoms with Gasteiger partial charge >= 0.3 is 12.1 Å². The Balaban J connectivity index is 0.000000318. The highest BCUT2D eigenvalue weighted by Crippen LogP contribution is 2.36. The van der Waals surface area contributed by atoms with Crippen LogP contribution in [-0.2, 0) is 16.1 Å². The molecule has 1 aromatic heterocycles. The minimum absolute atomic E-state index is 0.00122. The summed E-state index contributed by atoms with van der Waals surface area (Å²) in [4.78, 5) is 19.9. The summed E-state index contributed by atoms with van der Waals surface area (Å²) in [6.07, 6.45) is 0.570. The first-order valence-electron chi connectivity index (χ1n) is 9.50. The minimum atomic E-state index is -5.08. The van der Waals surface area contributed by atoms with Gasteiger partial charge in [-0.25, -0.2) is 14.8 Å². The molecule has 0 saturated carbocycles. The number of alkyl halides is 3. The fourth-order valence-corrected chi connectivity index (χ4v) is 3.68. The fourth-order valence-electron chi connectivity index (χ4n) is 3.68. The molecule has 10 heteroatoms. The highest BCUT2D eigenvalue weighted by molar-refractivity contribution is 5.73. The van der Waals surface area contributed by atoms with Crippen LogP contribution in [0.3, 0.4) is 0 Å². The van der Waals surface area contributed by atoms with Crippen LogP contribution in [0.15, 0.2) is 48.8 Å². The number of benzene rings is 1. The van der Waals surface area contributed by atoms with Gasteiger partial charge in [-0.3, -0.25) is 4.90 Å². The quantitative estimate of drug-likeness (QED) is 0.780. The van der Waals surface area contributed by atoms with E-state index in [1.165, 1.54) is 5.56 Å². The molecule has 1 aromatic carbocycles. The standard InChI is InChI=1S/C18H22N4O.C2HF3O2/c1-2-5-15(6-3-1)12-22-10-7-18(14-22)11-16(13-23-18)21-17-19-8-4-9-20-17;3-2(4,5)1(6)7/h1-6,8-9,16H,7,10-14H2,(H,19,20,21);(H,6,7). The summed E-state index contributed by atoms with van der Waals surface area (Å²) in [6, 6.07) is 12.8. The smallest absolute Gasteiger partial charge is 0.475 e. The number of hydrogen-bond donors (Lipinski definition) is 2. The molecule has 2 aliphatic heterocycles. The Morgan fingerprint density at radius 1 is 1.23 bits per heavy atom. The Kier molecular flexibility index (Phi) is 6.88. The van der Waals surface area contributed by atoms with E-state index in [0.29, 0.717) is 12.0 Å². The summed E-state index contributed by atoms with van der Waals surface area (Å²) in [5.41, 5.74) is 1.37. The highest BCUT2D eigenvalue weighted by Gasteiger charge is 2.45. The maximum absolute atomic E-state index is 10.6. The van der Waals surface area contributed by atoms with Crippen molar-refractivity contribution in [2.75, 3.05) is 25.0 Å². The van der Waals surface area contributed by atoms with E-state index in [0.717, 1.165) is 39.1 Å². The van der Waals surface area contributed by atoms with Gasteiger partial charge in [-0.15, -0.1) is 0 Å². The van der Waals surface area contributed by atoms with E-state index in [1.54, 1.807) is 12.4 Å². The second-order valence-corrected chi connectivity index (χ2v) is 7.36. The third kappa shape index (κ3) is 6.14. The van der Waals surface area contributed by atoms with Gasteiger partial charge < -0.3 is 15.2 Å². The molecule has 2 aliphatic rings. The molecule has 0 amide bonds. The molecule has 7 nitrogen and oxygen atoms in total. The lowest BCUT2D eigenvalue weighted by molar-refractivity contribution is -0.192. The van der Waals surface area contributed by atoms with Crippen LogP contribution in [0.5, 0.6) is 0 Å². The first-order valence-corrected chi connectivity index (χ1v) is 9.50. The molecule has 2 N–H and O–H groups in total. The van der Waals surface area contributed by atoms with Crippen LogP contribution in [0.1, 0.15) is 18.4 Å². The molecule has 3 heterocycles. The monoisotopic (exact) mass is 424 g/mol. The SMILES string of the molecule is O=C(O)C(F)(F)F.c1ccc(CN2CCC3(CC(Nc4ncccn4)CO3)C2)cc1.